The lowest BCUT2D eigenvalue weighted by Crippen LogP contribution is -2.15. The molecule has 0 heterocycles. The normalized spacial score (nSPS) is 12.5. The molecule has 0 unspecified atom stereocenters. The van der Waals surface area contributed by atoms with E-state index < -0.39 is 12.0 Å². The molecule has 0 aromatic heterocycles. The average Bonchev–Trinajstić information content (AvgIpc) is 2.17. The molecule has 0 amide bonds. The van der Waals surface area contributed by atoms with Gasteiger partial charge in [0.2, 0.25) is 0 Å². The van der Waals surface area contributed by atoms with Gasteiger partial charge in [-0.2, -0.15) is 0 Å². The van der Waals surface area contributed by atoms with Crippen LogP contribution in [0.15, 0.2) is 18.2 Å². The number of nitrogens with two attached hydrogens (primary N) is 1. The van der Waals surface area contributed by atoms with E-state index >= 15 is 0 Å². The van der Waals surface area contributed by atoms with Crippen molar-refractivity contribution in [2.75, 3.05) is 6.61 Å². The molecule has 5 heteroatoms. The van der Waals surface area contributed by atoms with Gasteiger partial charge in [-0.3, -0.25) is 0 Å². The van der Waals surface area contributed by atoms with Crippen LogP contribution in [0, 0.1) is 0 Å². The molecule has 0 saturated heterocycles. The number of carboxylic acids is 1. The highest BCUT2D eigenvalue weighted by Crippen LogP contribution is 2.20. The minimum absolute atomic E-state index is 0.00642. The standard InChI is InChI=1S/C9H10ClNO3/c10-7-2-1-5(8(11)4-12)3-6(7)9(13)14/h1-3,8,12H,4,11H2,(H,13,14)/t8-/m1/s1. The predicted octanol–water partition coefficient (Wildman–Crippen LogP) is 1.03. The number of benzene rings is 1. The molecule has 76 valence electrons. The van der Waals surface area contributed by atoms with E-state index in [1.165, 1.54) is 12.1 Å². The fraction of sp³-hybridized carbons (Fsp3) is 0.222. The molecule has 0 fully saturated rings. The summed E-state index contributed by atoms with van der Waals surface area (Å²) in [6, 6.07) is 3.84. The largest absolute Gasteiger partial charge is 0.478 e. The highest BCUT2D eigenvalue weighted by atomic mass is 35.5. The van der Waals surface area contributed by atoms with Gasteiger partial charge in [0, 0.05) is 0 Å². The fourth-order valence-electron chi connectivity index (χ4n) is 1.04. The molecule has 0 bridgehead atoms. The van der Waals surface area contributed by atoms with E-state index in [1.54, 1.807) is 6.07 Å². The Bertz CT molecular complexity index is 354. The van der Waals surface area contributed by atoms with Gasteiger partial charge in [-0.25, -0.2) is 4.79 Å². The molecule has 1 aromatic rings. The zero-order chi connectivity index (χ0) is 10.7. The Morgan fingerprint density at radius 3 is 2.71 bits per heavy atom. The molecule has 1 atom stereocenters. The lowest BCUT2D eigenvalue weighted by atomic mass is 10.1. The summed E-state index contributed by atoms with van der Waals surface area (Å²) in [6.45, 7) is -0.235. The van der Waals surface area contributed by atoms with Crippen molar-refractivity contribution in [3.05, 3.63) is 34.3 Å². The van der Waals surface area contributed by atoms with Gasteiger partial charge in [0.05, 0.1) is 23.2 Å². The number of aliphatic hydroxyl groups is 1. The summed E-state index contributed by atoms with van der Waals surface area (Å²) in [6.07, 6.45) is 0. The van der Waals surface area contributed by atoms with Crippen molar-refractivity contribution in [1.29, 1.82) is 0 Å². The summed E-state index contributed by atoms with van der Waals surface area (Å²) in [7, 11) is 0. The minimum Gasteiger partial charge on any atom is -0.478 e. The second-order valence-corrected chi connectivity index (χ2v) is 3.24. The summed E-state index contributed by atoms with van der Waals surface area (Å²) >= 11 is 5.65. The minimum atomic E-state index is -1.11. The second kappa shape index (κ2) is 4.41. The predicted molar refractivity (Wildman–Crippen MR) is 52.4 cm³/mol. The van der Waals surface area contributed by atoms with Crippen molar-refractivity contribution in [2.45, 2.75) is 6.04 Å². The molecule has 1 aromatic carbocycles. The van der Waals surface area contributed by atoms with Gasteiger partial charge >= 0.3 is 5.97 Å². The van der Waals surface area contributed by atoms with Crippen LogP contribution in [0.25, 0.3) is 0 Å². The zero-order valence-electron chi connectivity index (χ0n) is 7.27. The van der Waals surface area contributed by atoms with Gasteiger partial charge < -0.3 is 15.9 Å². The van der Waals surface area contributed by atoms with E-state index in [1.807, 2.05) is 0 Å². The third-order valence-corrected chi connectivity index (χ3v) is 2.18. The van der Waals surface area contributed by atoms with E-state index in [9.17, 15) is 4.79 Å². The van der Waals surface area contributed by atoms with Crippen molar-refractivity contribution in [3.8, 4) is 0 Å². The molecule has 4 N–H and O–H groups in total. The SMILES string of the molecule is N[C@H](CO)c1ccc(Cl)c(C(=O)O)c1. The monoisotopic (exact) mass is 215 g/mol. The maximum absolute atomic E-state index is 10.7. The van der Waals surface area contributed by atoms with Crippen LogP contribution >= 0.6 is 11.6 Å². The number of aliphatic hydroxyl groups excluding tert-OH is 1. The summed E-state index contributed by atoms with van der Waals surface area (Å²) in [4.78, 5) is 10.7. The molecule has 4 nitrogen and oxygen atoms in total. The quantitative estimate of drug-likeness (QED) is 0.703. The van der Waals surface area contributed by atoms with Crippen molar-refractivity contribution in [2.24, 2.45) is 5.73 Å². The maximum atomic E-state index is 10.7. The number of carbonyl (C=O) groups is 1. The summed E-state index contributed by atoms with van der Waals surface area (Å²) < 4.78 is 0. The van der Waals surface area contributed by atoms with Gasteiger partial charge in [-0.15, -0.1) is 0 Å². The van der Waals surface area contributed by atoms with Crippen LogP contribution in [0.3, 0.4) is 0 Å². The molecular weight excluding hydrogens is 206 g/mol. The molecule has 0 saturated carbocycles. The van der Waals surface area contributed by atoms with E-state index in [2.05, 4.69) is 0 Å². The third-order valence-electron chi connectivity index (χ3n) is 1.85. The first-order chi connectivity index (χ1) is 6.56. The molecule has 0 aliphatic heterocycles. The Morgan fingerprint density at radius 2 is 2.21 bits per heavy atom. The highest BCUT2D eigenvalue weighted by molar-refractivity contribution is 6.33. The Kier molecular flexibility index (Phi) is 3.46. The van der Waals surface area contributed by atoms with E-state index in [0.29, 0.717) is 5.56 Å². The van der Waals surface area contributed by atoms with Gasteiger partial charge in [0.15, 0.2) is 0 Å². The molecule has 1 rings (SSSR count). The third kappa shape index (κ3) is 2.23. The first-order valence-electron chi connectivity index (χ1n) is 3.95. The summed E-state index contributed by atoms with van der Waals surface area (Å²) in [5.74, 6) is -1.11. The lowest BCUT2D eigenvalue weighted by molar-refractivity contribution is 0.0697. The Hall–Kier alpha value is -1.10. The molecule has 14 heavy (non-hydrogen) atoms. The number of halogens is 1. The van der Waals surface area contributed by atoms with Crippen LogP contribution in [0.2, 0.25) is 5.02 Å². The molecule has 0 radical (unpaired) electrons. The topological polar surface area (TPSA) is 83.5 Å². The van der Waals surface area contributed by atoms with Crippen LogP contribution in [0.5, 0.6) is 0 Å². The van der Waals surface area contributed by atoms with Crippen molar-refractivity contribution < 1.29 is 15.0 Å². The number of rotatable bonds is 3. The van der Waals surface area contributed by atoms with Gasteiger partial charge in [0.25, 0.3) is 0 Å². The number of hydrogen-bond donors (Lipinski definition) is 3. The average molecular weight is 216 g/mol. The second-order valence-electron chi connectivity index (χ2n) is 2.83. The fourth-order valence-corrected chi connectivity index (χ4v) is 1.24. The van der Waals surface area contributed by atoms with Gasteiger partial charge in [-0.05, 0) is 17.7 Å². The van der Waals surface area contributed by atoms with E-state index in [0.717, 1.165) is 0 Å². The van der Waals surface area contributed by atoms with E-state index in [4.69, 9.17) is 27.5 Å². The van der Waals surface area contributed by atoms with Crippen LogP contribution in [-0.4, -0.2) is 22.8 Å². The van der Waals surface area contributed by atoms with Crippen LogP contribution in [0.4, 0.5) is 0 Å². The van der Waals surface area contributed by atoms with Crippen molar-refractivity contribution in [3.63, 3.8) is 0 Å². The maximum Gasteiger partial charge on any atom is 0.337 e. The van der Waals surface area contributed by atoms with Gasteiger partial charge in [0.1, 0.15) is 0 Å². The Labute approximate surface area is 85.9 Å². The van der Waals surface area contributed by atoms with Crippen LogP contribution < -0.4 is 5.73 Å². The summed E-state index contributed by atoms with van der Waals surface area (Å²) in [5.41, 5.74) is 6.07. The highest BCUT2D eigenvalue weighted by Gasteiger charge is 2.12. The lowest BCUT2D eigenvalue weighted by Gasteiger charge is -2.09. The van der Waals surface area contributed by atoms with E-state index in [-0.39, 0.29) is 17.2 Å². The smallest absolute Gasteiger partial charge is 0.337 e. The molecular formula is C9H10ClNO3. The Morgan fingerprint density at radius 1 is 1.57 bits per heavy atom. The molecule has 0 aliphatic carbocycles. The first kappa shape index (κ1) is 11.0. The first-order valence-corrected chi connectivity index (χ1v) is 4.33. The van der Waals surface area contributed by atoms with Crippen molar-refractivity contribution in [1.82, 2.24) is 0 Å². The number of aromatic carboxylic acids is 1. The van der Waals surface area contributed by atoms with Crippen molar-refractivity contribution >= 4 is 17.6 Å². The number of hydrogen-bond acceptors (Lipinski definition) is 3. The van der Waals surface area contributed by atoms with Crippen LogP contribution in [-0.2, 0) is 0 Å². The summed E-state index contributed by atoms with van der Waals surface area (Å²) in [5, 5.41) is 17.7. The number of carboxylic acid groups (broad SMARTS) is 1. The molecule has 0 aliphatic rings. The van der Waals surface area contributed by atoms with Gasteiger partial charge in [-0.1, -0.05) is 17.7 Å². The zero-order valence-corrected chi connectivity index (χ0v) is 8.03. The van der Waals surface area contributed by atoms with Crippen LogP contribution in [0.1, 0.15) is 22.0 Å². The molecule has 0 spiro atoms. The Balaban J connectivity index is 3.12.